The van der Waals surface area contributed by atoms with E-state index in [0.717, 1.165) is 29.2 Å². The minimum Gasteiger partial charge on any atom is -0.457 e. The highest BCUT2D eigenvalue weighted by Crippen LogP contribution is 2.29. The minimum atomic E-state index is -4.44. The molecular formula is C23H17F3N2O2. The maximum atomic E-state index is 12.8. The van der Waals surface area contributed by atoms with Crippen molar-refractivity contribution in [1.82, 2.24) is 9.55 Å². The molecule has 0 atom stereocenters. The van der Waals surface area contributed by atoms with E-state index < -0.39 is 17.7 Å². The number of fused-ring (bicyclic) bond motifs is 1. The molecule has 3 aromatic carbocycles. The Morgan fingerprint density at radius 1 is 1.00 bits per heavy atom. The molecule has 0 aliphatic carbocycles. The number of para-hydroxylation sites is 1. The van der Waals surface area contributed by atoms with Crippen LogP contribution in [0.25, 0.3) is 16.7 Å². The Bertz CT molecular complexity index is 1210. The number of rotatable bonds is 4. The number of nitrogens with zero attached hydrogens (tertiary/aromatic N) is 2. The molecule has 4 nitrogen and oxygen atoms in total. The summed E-state index contributed by atoms with van der Waals surface area (Å²) >= 11 is 0. The predicted octanol–water partition coefficient (Wildman–Crippen LogP) is 5.71. The molecule has 0 unspecified atom stereocenters. The van der Waals surface area contributed by atoms with Crippen LogP contribution < -0.4 is 0 Å². The van der Waals surface area contributed by atoms with Gasteiger partial charge in [-0.3, -0.25) is 4.57 Å². The zero-order chi connectivity index (χ0) is 21.3. The molecule has 0 fully saturated rings. The number of carbonyl (C=O) groups excluding carboxylic acids is 1. The van der Waals surface area contributed by atoms with Crippen LogP contribution in [0.15, 0.2) is 72.8 Å². The summed E-state index contributed by atoms with van der Waals surface area (Å²) in [5, 5.41) is 0. The average Bonchev–Trinajstić information content (AvgIpc) is 3.07. The van der Waals surface area contributed by atoms with Crippen LogP contribution >= 0.6 is 0 Å². The number of aryl methyl sites for hydroxylation is 1. The van der Waals surface area contributed by atoms with E-state index in [1.807, 2.05) is 41.8 Å². The van der Waals surface area contributed by atoms with Gasteiger partial charge < -0.3 is 4.74 Å². The molecule has 0 saturated carbocycles. The van der Waals surface area contributed by atoms with Crippen LogP contribution in [0.1, 0.15) is 27.3 Å². The smallest absolute Gasteiger partial charge is 0.416 e. The molecule has 7 heteroatoms. The molecule has 1 heterocycles. The number of carbonyl (C=O) groups is 1. The van der Waals surface area contributed by atoms with E-state index in [9.17, 15) is 18.0 Å². The number of benzene rings is 3. The Morgan fingerprint density at radius 3 is 2.50 bits per heavy atom. The molecule has 0 aliphatic rings. The van der Waals surface area contributed by atoms with Gasteiger partial charge in [-0.15, -0.1) is 0 Å². The van der Waals surface area contributed by atoms with Crippen LogP contribution in [0.3, 0.4) is 0 Å². The molecule has 1 aromatic heterocycles. The molecule has 4 aromatic rings. The van der Waals surface area contributed by atoms with Gasteiger partial charge in [-0.2, -0.15) is 13.2 Å². The highest BCUT2D eigenvalue weighted by atomic mass is 19.4. The Kier molecular flexibility index (Phi) is 5.03. The lowest BCUT2D eigenvalue weighted by Gasteiger charge is -2.09. The molecule has 0 aliphatic heterocycles. The summed E-state index contributed by atoms with van der Waals surface area (Å²) in [5.41, 5.74) is 2.20. The van der Waals surface area contributed by atoms with Gasteiger partial charge >= 0.3 is 12.1 Å². The van der Waals surface area contributed by atoms with Gasteiger partial charge in [0.05, 0.1) is 22.2 Å². The fourth-order valence-electron chi connectivity index (χ4n) is 3.30. The van der Waals surface area contributed by atoms with Crippen molar-refractivity contribution < 1.29 is 22.7 Å². The lowest BCUT2D eigenvalue weighted by Crippen LogP contribution is -2.08. The third kappa shape index (κ3) is 3.91. The van der Waals surface area contributed by atoms with Gasteiger partial charge in [-0.05, 0) is 55.0 Å². The summed E-state index contributed by atoms with van der Waals surface area (Å²) in [4.78, 5) is 16.9. The Labute approximate surface area is 170 Å². The normalized spacial score (nSPS) is 11.6. The average molecular weight is 410 g/mol. The first-order valence-corrected chi connectivity index (χ1v) is 9.21. The summed E-state index contributed by atoms with van der Waals surface area (Å²) in [6.45, 7) is 1.62. The molecule has 0 spiro atoms. The Hall–Kier alpha value is -3.61. The van der Waals surface area contributed by atoms with Crippen molar-refractivity contribution in [3.8, 4) is 5.69 Å². The first-order valence-electron chi connectivity index (χ1n) is 9.21. The summed E-state index contributed by atoms with van der Waals surface area (Å²) < 4.78 is 45.7. The number of aromatic nitrogens is 2. The standard InChI is InChI=1S/C23H17F3N2O2/c1-15-27-20-13-17(10-11-21(20)28(15)19-8-3-2-4-9-19)22(29)30-14-16-6-5-7-18(12-16)23(24,25)26/h2-13H,14H2,1H3. The molecular weight excluding hydrogens is 393 g/mol. The quantitative estimate of drug-likeness (QED) is 0.405. The van der Waals surface area contributed by atoms with Gasteiger partial charge in [-0.25, -0.2) is 9.78 Å². The summed E-state index contributed by atoms with van der Waals surface area (Å²) in [5.74, 6) is 0.145. The van der Waals surface area contributed by atoms with E-state index in [0.29, 0.717) is 5.52 Å². The van der Waals surface area contributed by atoms with Crippen LogP contribution in [0.2, 0.25) is 0 Å². The van der Waals surface area contributed by atoms with Crippen molar-refractivity contribution in [2.75, 3.05) is 0 Å². The van der Waals surface area contributed by atoms with Crippen LogP contribution in [0.5, 0.6) is 0 Å². The van der Waals surface area contributed by atoms with Gasteiger partial charge in [0, 0.05) is 5.69 Å². The van der Waals surface area contributed by atoms with Gasteiger partial charge in [0.1, 0.15) is 12.4 Å². The second-order valence-corrected chi connectivity index (χ2v) is 6.81. The van der Waals surface area contributed by atoms with Crippen LogP contribution in [-0.4, -0.2) is 15.5 Å². The van der Waals surface area contributed by atoms with Crippen LogP contribution in [-0.2, 0) is 17.5 Å². The van der Waals surface area contributed by atoms with E-state index >= 15 is 0 Å². The van der Waals surface area contributed by atoms with Gasteiger partial charge in [0.2, 0.25) is 0 Å². The van der Waals surface area contributed by atoms with Crippen molar-refractivity contribution in [2.24, 2.45) is 0 Å². The van der Waals surface area contributed by atoms with Crippen molar-refractivity contribution in [3.63, 3.8) is 0 Å². The minimum absolute atomic E-state index is 0.252. The van der Waals surface area contributed by atoms with E-state index in [1.54, 1.807) is 18.2 Å². The van der Waals surface area contributed by atoms with Crippen LogP contribution in [0.4, 0.5) is 13.2 Å². The molecule has 0 saturated heterocycles. The predicted molar refractivity (Wildman–Crippen MR) is 106 cm³/mol. The lowest BCUT2D eigenvalue weighted by molar-refractivity contribution is -0.137. The SMILES string of the molecule is Cc1nc2cc(C(=O)OCc3cccc(C(F)(F)F)c3)ccc2n1-c1ccccc1. The fraction of sp³-hybridized carbons (Fsp3) is 0.130. The number of ether oxygens (including phenoxy) is 1. The second-order valence-electron chi connectivity index (χ2n) is 6.81. The van der Waals surface area contributed by atoms with Gasteiger partial charge in [0.25, 0.3) is 0 Å². The molecule has 0 radical (unpaired) electrons. The number of alkyl halides is 3. The van der Waals surface area contributed by atoms with Crippen molar-refractivity contribution in [3.05, 3.63) is 95.3 Å². The number of imidazole rings is 1. The Balaban J connectivity index is 1.55. The first kappa shape index (κ1) is 19.7. The van der Waals surface area contributed by atoms with Crippen molar-refractivity contribution in [2.45, 2.75) is 19.7 Å². The molecule has 4 rings (SSSR count). The number of hydrogen-bond donors (Lipinski definition) is 0. The van der Waals surface area contributed by atoms with Crippen molar-refractivity contribution >= 4 is 17.0 Å². The van der Waals surface area contributed by atoms with Crippen molar-refractivity contribution in [1.29, 1.82) is 0 Å². The third-order valence-corrected chi connectivity index (χ3v) is 4.70. The zero-order valence-corrected chi connectivity index (χ0v) is 16.0. The maximum Gasteiger partial charge on any atom is 0.416 e. The summed E-state index contributed by atoms with van der Waals surface area (Å²) in [6, 6.07) is 19.5. The molecule has 0 N–H and O–H groups in total. The number of esters is 1. The number of hydrogen-bond acceptors (Lipinski definition) is 3. The van der Waals surface area contributed by atoms with Gasteiger partial charge in [0.15, 0.2) is 0 Å². The van der Waals surface area contributed by atoms with Gasteiger partial charge in [-0.1, -0.05) is 30.3 Å². The van der Waals surface area contributed by atoms with E-state index in [4.69, 9.17) is 4.74 Å². The molecule has 0 amide bonds. The highest BCUT2D eigenvalue weighted by molar-refractivity contribution is 5.94. The largest absolute Gasteiger partial charge is 0.457 e. The molecule has 30 heavy (non-hydrogen) atoms. The molecule has 152 valence electrons. The fourth-order valence-corrected chi connectivity index (χ4v) is 3.30. The summed E-state index contributed by atoms with van der Waals surface area (Å²) in [7, 11) is 0. The topological polar surface area (TPSA) is 44.1 Å². The monoisotopic (exact) mass is 410 g/mol. The second kappa shape index (κ2) is 7.67. The van der Waals surface area contributed by atoms with E-state index in [2.05, 4.69) is 4.98 Å². The summed E-state index contributed by atoms with van der Waals surface area (Å²) in [6.07, 6.45) is -4.44. The van der Waals surface area contributed by atoms with E-state index in [-0.39, 0.29) is 17.7 Å². The number of halogens is 3. The van der Waals surface area contributed by atoms with Crippen LogP contribution in [0, 0.1) is 6.92 Å². The van der Waals surface area contributed by atoms with E-state index in [1.165, 1.54) is 12.1 Å². The lowest BCUT2D eigenvalue weighted by atomic mass is 10.1. The molecule has 0 bridgehead atoms. The zero-order valence-electron chi connectivity index (χ0n) is 16.0. The third-order valence-electron chi connectivity index (χ3n) is 4.70. The Morgan fingerprint density at radius 2 is 1.77 bits per heavy atom. The first-order chi connectivity index (χ1) is 14.3. The maximum absolute atomic E-state index is 12.8. The highest BCUT2D eigenvalue weighted by Gasteiger charge is 2.30.